The van der Waals surface area contributed by atoms with E-state index in [2.05, 4.69) is 186 Å². The van der Waals surface area contributed by atoms with E-state index < -0.39 is 0 Å². The predicted octanol–water partition coefficient (Wildman–Crippen LogP) is 13.6. The third-order valence-corrected chi connectivity index (χ3v) is 16.0. The molecule has 69 heavy (non-hydrogen) atoms. The number of H-pyrrole nitrogens is 4. The van der Waals surface area contributed by atoms with E-state index in [-0.39, 0.29) is 5.82 Å². The standard InChI is InChI=1S/3C15H20N2.C14H16BrFN2/c3*1-10(2)17-7-6-13-12-5-4-11(3)8-14(12)16-15(13)9-17;1-8(2)18-4-3-10-13(7-18)17-12-6-9(16)5-11(15)14(10)12/h3*4-5,8,10,16H,6-7,9H2,1-3H3;5-6,8,17H,3-4,7H2,1-2H3. The van der Waals surface area contributed by atoms with E-state index in [1.165, 1.54) is 133 Å². The molecule has 0 saturated carbocycles. The second-order valence-electron chi connectivity index (χ2n) is 21.5. The highest BCUT2D eigenvalue weighted by molar-refractivity contribution is 9.10. The van der Waals surface area contributed by atoms with Gasteiger partial charge in [-0.15, -0.1) is 0 Å². The van der Waals surface area contributed by atoms with Gasteiger partial charge < -0.3 is 19.9 Å². The number of hydrogen-bond donors (Lipinski definition) is 4. The van der Waals surface area contributed by atoms with Crippen LogP contribution in [-0.2, 0) is 51.9 Å². The molecule has 0 saturated heterocycles. The average Bonchev–Trinajstić information content (AvgIpc) is 4.07. The summed E-state index contributed by atoms with van der Waals surface area (Å²) in [5.41, 5.74) is 20.3. The zero-order valence-electron chi connectivity index (χ0n) is 43.2. The number of halogens is 2. The molecule has 0 bridgehead atoms. The van der Waals surface area contributed by atoms with Crippen LogP contribution < -0.4 is 0 Å². The third kappa shape index (κ3) is 10.5. The number of aromatic nitrogens is 4. The smallest absolute Gasteiger partial charge is 0.126 e. The maximum absolute atomic E-state index is 13.4. The Morgan fingerprint density at radius 3 is 1.06 bits per heavy atom. The summed E-state index contributed by atoms with van der Waals surface area (Å²) in [4.78, 5) is 24.2. The Labute approximate surface area is 418 Å². The van der Waals surface area contributed by atoms with Crippen LogP contribution in [0.2, 0.25) is 0 Å². The zero-order valence-corrected chi connectivity index (χ0v) is 44.8. The Morgan fingerprint density at radius 1 is 0.420 bits per heavy atom. The Bertz CT molecular complexity index is 2850. The first-order chi connectivity index (χ1) is 33.0. The lowest BCUT2D eigenvalue weighted by Crippen LogP contribution is -2.35. The number of benzene rings is 4. The Kier molecular flexibility index (Phi) is 14.7. The number of rotatable bonds is 4. The lowest BCUT2D eigenvalue weighted by atomic mass is 10.0. The average molecular weight is 996 g/mol. The van der Waals surface area contributed by atoms with Crippen LogP contribution in [0.1, 0.15) is 117 Å². The number of nitrogens with zero attached hydrogens (tertiary/aromatic N) is 4. The summed E-state index contributed by atoms with van der Waals surface area (Å²) in [5, 5.41) is 5.42. The van der Waals surface area contributed by atoms with Crippen molar-refractivity contribution in [2.45, 2.75) is 152 Å². The largest absolute Gasteiger partial charge is 0.357 e. The summed E-state index contributed by atoms with van der Waals surface area (Å²) in [6.07, 6.45) is 4.56. The molecule has 366 valence electrons. The molecule has 4 N–H and O–H groups in total. The Balaban J connectivity index is 0.000000115. The topological polar surface area (TPSA) is 76.1 Å². The van der Waals surface area contributed by atoms with Gasteiger partial charge >= 0.3 is 0 Å². The molecule has 0 fully saturated rings. The molecule has 12 rings (SSSR count). The summed E-state index contributed by atoms with van der Waals surface area (Å²) in [6.45, 7) is 33.3. The lowest BCUT2D eigenvalue weighted by Gasteiger charge is -2.30. The molecule has 0 aliphatic carbocycles. The SMILES string of the molecule is CC(C)N1CCc2c([nH]c3cc(F)cc(Br)c23)C1.Cc1ccc2c3c([nH]c2c1)CN(C(C)C)CC3.Cc1ccc2c3c([nH]c2c1)CN(C(C)C)CC3.Cc1ccc2c3c([nH]c2c1)CN(C(C)C)CC3. The maximum Gasteiger partial charge on any atom is 0.126 e. The van der Waals surface area contributed by atoms with E-state index in [1.54, 1.807) is 12.1 Å². The second-order valence-corrected chi connectivity index (χ2v) is 22.4. The molecule has 4 aliphatic rings. The van der Waals surface area contributed by atoms with Gasteiger partial charge in [-0.05, 0) is 187 Å². The Morgan fingerprint density at radius 2 is 0.725 bits per heavy atom. The van der Waals surface area contributed by atoms with Crippen LogP contribution in [0, 0.1) is 26.6 Å². The van der Waals surface area contributed by atoms with Crippen molar-refractivity contribution in [2.75, 3.05) is 26.2 Å². The van der Waals surface area contributed by atoms with Crippen molar-refractivity contribution in [3.05, 3.63) is 139 Å². The highest BCUT2D eigenvalue weighted by Crippen LogP contribution is 2.35. The molecule has 4 aromatic heterocycles. The minimum Gasteiger partial charge on any atom is -0.357 e. The minimum absolute atomic E-state index is 0.200. The molecule has 8 heterocycles. The van der Waals surface area contributed by atoms with E-state index in [9.17, 15) is 4.39 Å². The van der Waals surface area contributed by atoms with Gasteiger partial charge in [0, 0.05) is 147 Å². The fourth-order valence-electron chi connectivity index (χ4n) is 11.2. The van der Waals surface area contributed by atoms with Gasteiger partial charge in [-0.1, -0.05) is 36.4 Å². The molecular weight excluding hydrogens is 920 g/mol. The molecule has 0 radical (unpaired) electrons. The second kappa shape index (κ2) is 20.6. The van der Waals surface area contributed by atoms with E-state index >= 15 is 0 Å². The fraction of sp³-hybridized carbons (Fsp3) is 0.458. The van der Waals surface area contributed by atoms with Crippen LogP contribution >= 0.6 is 15.9 Å². The van der Waals surface area contributed by atoms with Crippen molar-refractivity contribution in [3.63, 3.8) is 0 Å². The van der Waals surface area contributed by atoms with Gasteiger partial charge in [0.05, 0.1) is 0 Å². The summed E-state index contributed by atoms with van der Waals surface area (Å²) < 4.78 is 14.3. The van der Waals surface area contributed by atoms with Crippen molar-refractivity contribution < 1.29 is 4.39 Å². The van der Waals surface area contributed by atoms with Gasteiger partial charge in [0.2, 0.25) is 0 Å². The zero-order chi connectivity index (χ0) is 48.8. The Hall–Kier alpha value is -4.71. The number of aromatic amines is 4. The molecule has 4 aliphatic heterocycles. The van der Waals surface area contributed by atoms with Gasteiger partial charge in [-0.2, -0.15) is 0 Å². The van der Waals surface area contributed by atoms with Crippen LogP contribution in [0.4, 0.5) is 4.39 Å². The predicted molar refractivity (Wildman–Crippen MR) is 292 cm³/mol. The molecular formula is C59H76BrFN8. The van der Waals surface area contributed by atoms with Crippen LogP contribution in [0.25, 0.3) is 43.6 Å². The normalized spacial score (nSPS) is 16.7. The molecule has 0 spiro atoms. The van der Waals surface area contributed by atoms with Gasteiger partial charge in [0.25, 0.3) is 0 Å². The van der Waals surface area contributed by atoms with E-state index in [4.69, 9.17) is 0 Å². The highest BCUT2D eigenvalue weighted by atomic mass is 79.9. The molecule has 4 aromatic carbocycles. The highest BCUT2D eigenvalue weighted by Gasteiger charge is 2.26. The van der Waals surface area contributed by atoms with E-state index in [0.717, 1.165) is 54.5 Å². The number of hydrogen-bond acceptors (Lipinski definition) is 4. The van der Waals surface area contributed by atoms with Crippen molar-refractivity contribution in [2.24, 2.45) is 0 Å². The van der Waals surface area contributed by atoms with Gasteiger partial charge in [-0.25, -0.2) is 4.39 Å². The first-order valence-electron chi connectivity index (χ1n) is 25.8. The number of aryl methyl sites for hydroxylation is 3. The van der Waals surface area contributed by atoms with Crippen molar-refractivity contribution in [1.29, 1.82) is 0 Å². The van der Waals surface area contributed by atoms with Crippen LogP contribution in [-0.4, -0.2) is 89.9 Å². The van der Waals surface area contributed by atoms with Crippen molar-refractivity contribution >= 4 is 59.5 Å². The molecule has 0 unspecified atom stereocenters. The van der Waals surface area contributed by atoms with Crippen LogP contribution in [0.3, 0.4) is 0 Å². The van der Waals surface area contributed by atoms with E-state index in [1.807, 2.05) is 0 Å². The van der Waals surface area contributed by atoms with Gasteiger partial charge in [0.1, 0.15) is 5.82 Å². The summed E-state index contributed by atoms with van der Waals surface area (Å²) in [6, 6.07) is 25.8. The minimum atomic E-state index is -0.200. The van der Waals surface area contributed by atoms with Gasteiger partial charge in [-0.3, -0.25) is 19.6 Å². The molecule has 10 heteroatoms. The quantitative estimate of drug-likeness (QED) is 0.142. The number of fused-ring (bicyclic) bond motifs is 12. The third-order valence-electron chi connectivity index (χ3n) is 15.4. The first-order valence-corrected chi connectivity index (χ1v) is 26.5. The fourth-order valence-corrected chi connectivity index (χ4v) is 11.9. The first kappa shape index (κ1) is 49.3. The van der Waals surface area contributed by atoms with Crippen LogP contribution in [0.5, 0.6) is 0 Å². The monoisotopic (exact) mass is 995 g/mol. The summed E-state index contributed by atoms with van der Waals surface area (Å²) >= 11 is 3.48. The van der Waals surface area contributed by atoms with Crippen molar-refractivity contribution in [3.8, 4) is 0 Å². The molecule has 0 atom stereocenters. The molecule has 0 amide bonds. The van der Waals surface area contributed by atoms with Crippen molar-refractivity contribution in [1.82, 2.24) is 39.5 Å². The van der Waals surface area contributed by atoms with E-state index in [0.29, 0.717) is 24.2 Å². The van der Waals surface area contributed by atoms with Crippen LogP contribution in [0.15, 0.2) is 71.2 Å². The maximum atomic E-state index is 13.4. The summed E-state index contributed by atoms with van der Waals surface area (Å²) in [5.74, 6) is -0.200. The molecule has 8 nitrogen and oxygen atoms in total. The number of nitrogens with one attached hydrogen (secondary N) is 4. The summed E-state index contributed by atoms with van der Waals surface area (Å²) in [7, 11) is 0. The lowest BCUT2D eigenvalue weighted by molar-refractivity contribution is 0.201. The molecule has 8 aromatic rings. The van der Waals surface area contributed by atoms with Gasteiger partial charge in [0.15, 0.2) is 0 Å².